The zero-order valence-corrected chi connectivity index (χ0v) is 10.9. The quantitative estimate of drug-likeness (QED) is 0.922. The molecule has 0 aliphatic heterocycles. The van der Waals surface area contributed by atoms with Crippen molar-refractivity contribution in [1.29, 1.82) is 0 Å². The van der Waals surface area contributed by atoms with E-state index in [0.29, 0.717) is 0 Å². The van der Waals surface area contributed by atoms with Crippen molar-refractivity contribution in [2.24, 2.45) is 7.05 Å². The zero-order chi connectivity index (χ0) is 10.8. The molecule has 0 amide bonds. The molecule has 0 radical (unpaired) electrons. The number of halogens is 1. The summed E-state index contributed by atoms with van der Waals surface area (Å²) in [7, 11) is 3.58. The molecule has 86 valence electrons. The maximum Gasteiger partial charge on any atom is 0.128 e. The van der Waals surface area contributed by atoms with Crippen LogP contribution in [0, 0.1) is 0 Å². The van der Waals surface area contributed by atoms with Gasteiger partial charge in [-0.2, -0.15) is 5.10 Å². The standard InChI is InChI=1S/C11H11BrN2O.H3N/c1-14-11(9(12)7-13-14)8-5-3-4-6-10(8)15-2;/h3-7H,1-2H3;1H3. The van der Waals surface area contributed by atoms with E-state index < -0.39 is 0 Å². The Labute approximate surface area is 103 Å². The van der Waals surface area contributed by atoms with Crippen LogP contribution >= 0.6 is 15.9 Å². The van der Waals surface area contributed by atoms with Gasteiger partial charge < -0.3 is 10.9 Å². The van der Waals surface area contributed by atoms with Crippen LogP contribution < -0.4 is 10.9 Å². The normalized spacial score (nSPS) is 9.69. The summed E-state index contributed by atoms with van der Waals surface area (Å²) in [6, 6.07) is 7.89. The topological polar surface area (TPSA) is 62.0 Å². The van der Waals surface area contributed by atoms with E-state index in [0.717, 1.165) is 21.5 Å². The molecule has 0 fully saturated rings. The molecule has 0 aliphatic carbocycles. The molecule has 0 unspecified atom stereocenters. The number of hydrogen-bond donors (Lipinski definition) is 1. The third kappa shape index (κ3) is 2.10. The van der Waals surface area contributed by atoms with Crippen molar-refractivity contribution in [2.45, 2.75) is 0 Å². The van der Waals surface area contributed by atoms with E-state index in [4.69, 9.17) is 4.74 Å². The van der Waals surface area contributed by atoms with E-state index in [-0.39, 0.29) is 6.15 Å². The highest BCUT2D eigenvalue weighted by atomic mass is 79.9. The number of aryl methyl sites for hydroxylation is 1. The Morgan fingerprint density at radius 3 is 2.56 bits per heavy atom. The van der Waals surface area contributed by atoms with E-state index in [1.165, 1.54) is 0 Å². The molecule has 5 heteroatoms. The first-order valence-electron chi connectivity index (χ1n) is 4.55. The molecule has 1 aromatic heterocycles. The van der Waals surface area contributed by atoms with Crippen molar-refractivity contribution < 1.29 is 4.74 Å². The number of aromatic nitrogens is 2. The van der Waals surface area contributed by atoms with Gasteiger partial charge in [0.25, 0.3) is 0 Å². The van der Waals surface area contributed by atoms with E-state index in [9.17, 15) is 0 Å². The van der Waals surface area contributed by atoms with Gasteiger partial charge in [-0.3, -0.25) is 4.68 Å². The number of hydrogen-bond acceptors (Lipinski definition) is 3. The lowest BCUT2D eigenvalue weighted by atomic mass is 10.1. The largest absolute Gasteiger partial charge is 0.496 e. The first-order chi connectivity index (χ1) is 7.24. The fourth-order valence-electron chi connectivity index (χ4n) is 1.55. The molecule has 0 atom stereocenters. The molecule has 1 heterocycles. The Balaban J connectivity index is 0.00000128. The predicted molar refractivity (Wildman–Crippen MR) is 67.9 cm³/mol. The van der Waals surface area contributed by atoms with Crippen LogP contribution in [0.4, 0.5) is 0 Å². The summed E-state index contributed by atoms with van der Waals surface area (Å²) < 4.78 is 8.11. The summed E-state index contributed by atoms with van der Waals surface area (Å²) in [6.45, 7) is 0. The first-order valence-corrected chi connectivity index (χ1v) is 5.34. The second-order valence-electron chi connectivity index (χ2n) is 3.17. The minimum Gasteiger partial charge on any atom is -0.496 e. The van der Waals surface area contributed by atoms with Crippen LogP contribution in [0.3, 0.4) is 0 Å². The van der Waals surface area contributed by atoms with Crippen molar-refractivity contribution >= 4 is 15.9 Å². The monoisotopic (exact) mass is 283 g/mol. The molecule has 2 rings (SSSR count). The molecular formula is C11H14BrN3O. The fraction of sp³-hybridized carbons (Fsp3) is 0.182. The molecule has 4 nitrogen and oxygen atoms in total. The van der Waals surface area contributed by atoms with Crippen molar-refractivity contribution in [3.63, 3.8) is 0 Å². The summed E-state index contributed by atoms with van der Waals surface area (Å²) in [5.74, 6) is 0.849. The molecular weight excluding hydrogens is 270 g/mol. The SMILES string of the molecule is COc1ccccc1-c1c(Br)cnn1C.N. The molecule has 16 heavy (non-hydrogen) atoms. The summed E-state index contributed by atoms with van der Waals surface area (Å²) in [6.07, 6.45) is 1.78. The van der Waals surface area contributed by atoms with Crippen LogP contribution in [0.15, 0.2) is 34.9 Å². The van der Waals surface area contributed by atoms with E-state index in [1.807, 2.05) is 36.0 Å². The van der Waals surface area contributed by atoms with Gasteiger partial charge in [-0.1, -0.05) is 12.1 Å². The van der Waals surface area contributed by atoms with Gasteiger partial charge in [0, 0.05) is 12.6 Å². The molecule has 0 aliphatic rings. The van der Waals surface area contributed by atoms with Crippen LogP contribution in [0.25, 0.3) is 11.3 Å². The highest BCUT2D eigenvalue weighted by Crippen LogP contribution is 2.33. The molecule has 0 bridgehead atoms. The number of benzene rings is 1. The second kappa shape index (κ2) is 5.14. The van der Waals surface area contributed by atoms with Crippen LogP contribution in [-0.4, -0.2) is 16.9 Å². The van der Waals surface area contributed by atoms with Gasteiger partial charge in [0.2, 0.25) is 0 Å². The predicted octanol–water partition coefficient (Wildman–Crippen LogP) is 3.02. The Bertz CT molecular complexity index is 462. The first kappa shape index (κ1) is 12.7. The fourth-order valence-corrected chi connectivity index (χ4v) is 2.12. The summed E-state index contributed by atoms with van der Waals surface area (Å²) in [5.41, 5.74) is 2.05. The van der Waals surface area contributed by atoms with Crippen molar-refractivity contribution in [2.75, 3.05) is 7.11 Å². The third-order valence-electron chi connectivity index (χ3n) is 2.26. The Morgan fingerprint density at radius 1 is 1.31 bits per heavy atom. The average molecular weight is 284 g/mol. The van der Waals surface area contributed by atoms with Gasteiger partial charge in [0.05, 0.1) is 23.5 Å². The van der Waals surface area contributed by atoms with Gasteiger partial charge in [0.1, 0.15) is 5.75 Å². The van der Waals surface area contributed by atoms with Gasteiger partial charge in [-0.15, -0.1) is 0 Å². The number of rotatable bonds is 2. The Kier molecular flexibility index (Phi) is 4.09. The third-order valence-corrected chi connectivity index (χ3v) is 2.84. The summed E-state index contributed by atoms with van der Waals surface area (Å²) >= 11 is 3.48. The molecule has 1 aromatic carbocycles. The highest BCUT2D eigenvalue weighted by molar-refractivity contribution is 9.10. The smallest absolute Gasteiger partial charge is 0.128 e. The van der Waals surface area contributed by atoms with Crippen molar-refractivity contribution in [3.05, 3.63) is 34.9 Å². The number of methoxy groups -OCH3 is 1. The van der Waals surface area contributed by atoms with Crippen LogP contribution in [0.5, 0.6) is 5.75 Å². The summed E-state index contributed by atoms with van der Waals surface area (Å²) in [5, 5.41) is 4.18. The highest BCUT2D eigenvalue weighted by Gasteiger charge is 2.12. The Hall–Kier alpha value is -1.33. The van der Waals surface area contributed by atoms with E-state index >= 15 is 0 Å². The summed E-state index contributed by atoms with van der Waals surface area (Å²) in [4.78, 5) is 0. The minimum absolute atomic E-state index is 0. The molecule has 0 spiro atoms. The number of ether oxygens (including phenoxy) is 1. The molecule has 3 N–H and O–H groups in total. The van der Waals surface area contributed by atoms with Gasteiger partial charge in [-0.05, 0) is 28.1 Å². The van der Waals surface area contributed by atoms with E-state index in [1.54, 1.807) is 13.3 Å². The minimum atomic E-state index is 0. The lowest BCUT2D eigenvalue weighted by Crippen LogP contribution is -1.96. The van der Waals surface area contributed by atoms with Gasteiger partial charge >= 0.3 is 0 Å². The maximum absolute atomic E-state index is 5.32. The van der Waals surface area contributed by atoms with Crippen molar-refractivity contribution in [1.82, 2.24) is 15.9 Å². The molecule has 0 saturated carbocycles. The Morgan fingerprint density at radius 2 is 2.00 bits per heavy atom. The average Bonchev–Trinajstić information content (AvgIpc) is 2.59. The second-order valence-corrected chi connectivity index (χ2v) is 4.02. The lowest BCUT2D eigenvalue weighted by molar-refractivity contribution is 0.416. The number of para-hydroxylation sites is 1. The van der Waals surface area contributed by atoms with Crippen LogP contribution in [0.1, 0.15) is 0 Å². The molecule has 2 aromatic rings. The molecule has 0 saturated heterocycles. The maximum atomic E-state index is 5.32. The van der Waals surface area contributed by atoms with Gasteiger partial charge in [-0.25, -0.2) is 0 Å². The van der Waals surface area contributed by atoms with E-state index in [2.05, 4.69) is 21.0 Å². The van der Waals surface area contributed by atoms with Crippen LogP contribution in [0.2, 0.25) is 0 Å². The van der Waals surface area contributed by atoms with Crippen LogP contribution in [-0.2, 0) is 7.05 Å². The van der Waals surface area contributed by atoms with Gasteiger partial charge in [0.15, 0.2) is 0 Å². The van der Waals surface area contributed by atoms with Crippen molar-refractivity contribution in [3.8, 4) is 17.0 Å². The number of nitrogens with zero attached hydrogens (tertiary/aromatic N) is 2. The zero-order valence-electron chi connectivity index (χ0n) is 9.27. The lowest BCUT2D eigenvalue weighted by Gasteiger charge is -2.08.